The molecule has 5 rings (SSSR count). The number of aromatic nitrogens is 1. The maximum Gasteiger partial charge on any atom is 0.279 e. The molecular weight excluding hydrogens is 464 g/mol. The summed E-state index contributed by atoms with van der Waals surface area (Å²) in [6.07, 6.45) is 2.55. The first kappa shape index (κ1) is 23.7. The van der Waals surface area contributed by atoms with Crippen LogP contribution in [0.25, 0.3) is 10.9 Å². The van der Waals surface area contributed by atoms with Gasteiger partial charge in [-0.3, -0.25) is 14.4 Å². The molecule has 2 unspecified atom stereocenters. The number of hydrogen-bond acceptors (Lipinski definition) is 6. The zero-order chi connectivity index (χ0) is 24.4. The van der Waals surface area contributed by atoms with Crippen LogP contribution in [0.15, 0.2) is 65.7 Å². The molecule has 0 spiro atoms. The van der Waals surface area contributed by atoms with E-state index >= 15 is 0 Å². The largest absolute Gasteiger partial charge is 0.377 e. The number of hydrogen-bond donors (Lipinski definition) is 1. The molecule has 2 aromatic carbocycles. The van der Waals surface area contributed by atoms with Gasteiger partial charge in [0.15, 0.2) is 5.03 Å². The monoisotopic (exact) mass is 494 g/mol. The summed E-state index contributed by atoms with van der Waals surface area (Å²) in [7, 11) is -3.86. The van der Waals surface area contributed by atoms with Crippen LogP contribution in [0.1, 0.15) is 30.1 Å². The van der Waals surface area contributed by atoms with Crippen molar-refractivity contribution < 1.29 is 17.9 Å². The number of piperazine rings is 1. The molecule has 2 saturated heterocycles. The zero-order valence-corrected chi connectivity index (χ0v) is 20.6. The summed E-state index contributed by atoms with van der Waals surface area (Å²) in [4.78, 5) is 21.7. The third kappa shape index (κ3) is 5.32. The van der Waals surface area contributed by atoms with Crippen molar-refractivity contribution in [2.24, 2.45) is 0 Å². The highest BCUT2D eigenvalue weighted by Crippen LogP contribution is 2.21. The number of para-hydroxylation sites is 1. The van der Waals surface area contributed by atoms with E-state index in [1.54, 1.807) is 36.4 Å². The van der Waals surface area contributed by atoms with Crippen LogP contribution in [0.3, 0.4) is 0 Å². The second-order valence-electron chi connectivity index (χ2n) is 9.27. The highest BCUT2D eigenvalue weighted by atomic mass is 32.2. The predicted molar refractivity (Wildman–Crippen MR) is 135 cm³/mol. The minimum absolute atomic E-state index is 0.0418. The number of carbonyl (C=O) groups excluding carboxylic acids is 1. The first-order valence-corrected chi connectivity index (χ1v) is 13.5. The van der Waals surface area contributed by atoms with Crippen LogP contribution in [-0.2, 0) is 14.8 Å². The van der Waals surface area contributed by atoms with Gasteiger partial charge in [-0.2, -0.15) is 8.42 Å². The number of nitrogens with zero attached hydrogens (tertiary/aromatic N) is 3. The quantitative estimate of drug-likeness (QED) is 0.565. The first-order chi connectivity index (χ1) is 16.9. The lowest BCUT2D eigenvalue weighted by Gasteiger charge is -2.40. The Kier molecular flexibility index (Phi) is 6.73. The van der Waals surface area contributed by atoms with Gasteiger partial charge in [0.05, 0.1) is 11.6 Å². The van der Waals surface area contributed by atoms with E-state index in [0.717, 1.165) is 44.5 Å². The van der Waals surface area contributed by atoms with E-state index in [0.29, 0.717) is 29.4 Å². The molecule has 3 aromatic rings. The molecule has 3 heterocycles. The fourth-order valence-corrected chi connectivity index (χ4v) is 5.84. The van der Waals surface area contributed by atoms with Crippen LogP contribution in [-0.4, -0.2) is 74.0 Å². The van der Waals surface area contributed by atoms with Crippen molar-refractivity contribution in [3.05, 3.63) is 66.2 Å². The van der Waals surface area contributed by atoms with E-state index < -0.39 is 10.0 Å². The Morgan fingerprint density at radius 2 is 1.89 bits per heavy atom. The summed E-state index contributed by atoms with van der Waals surface area (Å²) >= 11 is 0. The van der Waals surface area contributed by atoms with Gasteiger partial charge in [-0.05, 0) is 62.2 Å². The number of benzene rings is 2. The van der Waals surface area contributed by atoms with Gasteiger partial charge in [0.1, 0.15) is 0 Å². The highest BCUT2D eigenvalue weighted by Gasteiger charge is 2.30. The molecule has 0 bridgehead atoms. The lowest BCUT2D eigenvalue weighted by atomic mass is 10.1. The number of sulfonamides is 1. The molecule has 2 atom stereocenters. The van der Waals surface area contributed by atoms with Crippen molar-refractivity contribution >= 4 is 32.5 Å². The van der Waals surface area contributed by atoms with Gasteiger partial charge in [0, 0.05) is 55.5 Å². The van der Waals surface area contributed by atoms with Crippen molar-refractivity contribution in [1.29, 1.82) is 0 Å². The second-order valence-corrected chi connectivity index (χ2v) is 10.9. The van der Waals surface area contributed by atoms with Gasteiger partial charge in [-0.25, -0.2) is 4.98 Å². The fourth-order valence-electron chi connectivity index (χ4n) is 4.83. The smallest absolute Gasteiger partial charge is 0.279 e. The molecule has 2 aliphatic heterocycles. The summed E-state index contributed by atoms with van der Waals surface area (Å²) < 4.78 is 34.0. The Morgan fingerprint density at radius 3 is 2.63 bits per heavy atom. The lowest BCUT2D eigenvalue weighted by molar-refractivity contribution is 0.0279. The summed E-state index contributed by atoms with van der Waals surface area (Å²) in [5.74, 6) is -0.0418. The van der Waals surface area contributed by atoms with Crippen molar-refractivity contribution in [1.82, 2.24) is 14.8 Å². The van der Waals surface area contributed by atoms with Crippen LogP contribution >= 0.6 is 0 Å². The van der Waals surface area contributed by atoms with E-state index in [2.05, 4.69) is 21.5 Å². The number of anilines is 1. The molecule has 1 aromatic heterocycles. The summed E-state index contributed by atoms with van der Waals surface area (Å²) in [6.45, 7) is 6.15. The average molecular weight is 495 g/mol. The molecule has 8 nitrogen and oxygen atoms in total. The summed E-state index contributed by atoms with van der Waals surface area (Å²) in [5.41, 5.74) is 1.53. The first-order valence-electron chi connectivity index (χ1n) is 12.0. The minimum atomic E-state index is -3.86. The molecule has 1 N–H and O–H groups in total. The van der Waals surface area contributed by atoms with Crippen LogP contribution in [0.5, 0.6) is 0 Å². The number of pyridine rings is 1. The number of amides is 1. The number of carbonyl (C=O) groups is 1. The second kappa shape index (κ2) is 9.93. The normalized spacial score (nSPS) is 21.3. The third-order valence-corrected chi connectivity index (χ3v) is 7.97. The van der Waals surface area contributed by atoms with Gasteiger partial charge >= 0.3 is 0 Å². The van der Waals surface area contributed by atoms with Crippen LogP contribution < -0.4 is 4.72 Å². The van der Waals surface area contributed by atoms with E-state index in [1.807, 2.05) is 23.1 Å². The molecule has 184 valence electrons. The molecule has 1 amide bonds. The van der Waals surface area contributed by atoms with Crippen LogP contribution in [0.2, 0.25) is 0 Å². The molecule has 0 radical (unpaired) electrons. The standard InChI is InChI=1S/C26H30N4O4S/c1-19-17-29(18-23-6-4-16-34-23)14-15-30(19)26(31)21-8-11-22(12-9-21)28-35(32,33)25-13-10-20-5-2-3-7-24(20)27-25/h2-3,5,7-13,19,23,28H,4,6,14-18H2,1H3. The fraction of sp³-hybridized carbons (Fsp3) is 0.385. The Hall–Kier alpha value is -3.01. The number of rotatable bonds is 6. The zero-order valence-electron chi connectivity index (χ0n) is 19.8. The van der Waals surface area contributed by atoms with Gasteiger partial charge in [0.25, 0.3) is 15.9 Å². The Morgan fingerprint density at radius 1 is 1.09 bits per heavy atom. The van der Waals surface area contributed by atoms with E-state index in [4.69, 9.17) is 4.74 Å². The molecule has 0 saturated carbocycles. The minimum Gasteiger partial charge on any atom is -0.377 e. The van der Waals surface area contributed by atoms with Gasteiger partial charge < -0.3 is 9.64 Å². The highest BCUT2D eigenvalue weighted by molar-refractivity contribution is 7.92. The molecule has 2 fully saturated rings. The SMILES string of the molecule is CC1CN(CC2CCCO2)CCN1C(=O)c1ccc(NS(=O)(=O)c2ccc3ccccc3n2)cc1. The maximum atomic E-state index is 13.1. The van der Waals surface area contributed by atoms with E-state index in [1.165, 1.54) is 6.07 Å². The van der Waals surface area contributed by atoms with Crippen LogP contribution in [0.4, 0.5) is 5.69 Å². The molecule has 2 aliphatic rings. The maximum absolute atomic E-state index is 13.1. The van der Waals surface area contributed by atoms with Crippen molar-refractivity contribution in [3.8, 4) is 0 Å². The Bertz CT molecular complexity index is 1310. The average Bonchev–Trinajstić information content (AvgIpc) is 3.37. The van der Waals surface area contributed by atoms with Crippen molar-refractivity contribution in [3.63, 3.8) is 0 Å². The van der Waals surface area contributed by atoms with Gasteiger partial charge in [-0.15, -0.1) is 0 Å². The van der Waals surface area contributed by atoms with E-state index in [-0.39, 0.29) is 17.0 Å². The topological polar surface area (TPSA) is 91.8 Å². The van der Waals surface area contributed by atoms with Gasteiger partial charge in [-0.1, -0.05) is 18.2 Å². The summed E-state index contributed by atoms with van der Waals surface area (Å²) in [5, 5.41) is 0.822. The Balaban J connectivity index is 1.22. The molecule has 9 heteroatoms. The lowest BCUT2D eigenvalue weighted by Crippen LogP contribution is -2.55. The molecular formula is C26H30N4O4S. The third-order valence-electron chi connectivity index (χ3n) is 6.69. The van der Waals surface area contributed by atoms with Crippen molar-refractivity contribution in [2.45, 2.75) is 36.9 Å². The number of ether oxygens (including phenoxy) is 1. The van der Waals surface area contributed by atoms with Gasteiger partial charge in [0.2, 0.25) is 0 Å². The Labute approximate surface area is 205 Å². The molecule has 35 heavy (non-hydrogen) atoms. The summed E-state index contributed by atoms with van der Waals surface area (Å²) in [6, 6.07) is 17.2. The van der Waals surface area contributed by atoms with E-state index in [9.17, 15) is 13.2 Å². The van der Waals surface area contributed by atoms with Crippen LogP contribution in [0, 0.1) is 0 Å². The number of fused-ring (bicyclic) bond motifs is 1. The van der Waals surface area contributed by atoms with Crippen molar-refractivity contribution in [2.75, 3.05) is 37.5 Å². The predicted octanol–water partition coefficient (Wildman–Crippen LogP) is 3.36. The molecule has 0 aliphatic carbocycles. The number of nitrogens with one attached hydrogen (secondary N) is 1.